The molecule has 0 unspecified atom stereocenters. The summed E-state index contributed by atoms with van der Waals surface area (Å²) in [5.41, 5.74) is 1.16. The summed E-state index contributed by atoms with van der Waals surface area (Å²) in [6, 6.07) is 6.48. The van der Waals surface area contributed by atoms with E-state index in [9.17, 15) is 13.2 Å². The number of benzene rings is 1. The largest absolute Gasteiger partial charge is 0.398 e. The van der Waals surface area contributed by atoms with Crippen LogP contribution in [-0.4, -0.2) is 29.3 Å². The van der Waals surface area contributed by atoms with Crippen LogP contribution in [0.15, 0.2) is 46.5 Å². The van der Waals surface area contributed by atoms with Crippen molar-refractivity contribution in [3.8, 4) is 0 Å². The van der Waals surface area contributed by atoms with Gasteiger partial charge in [-0.05, 0) is 31.2 Å². The lowest BCUT2D eigenvalue weighted by molar-refractivity contribution is -0.105. The number of amidine groups is 1. The summed E-state index contributed by atoms with van der Waals surface area (Å²) in [4.78, 5) is 8.68. The van der Waals surface area contributed by atoms with Gasteiger partial charge < -0.3 is 5.32 Å². The van der Waals surface area contributed by atoms with Crippen molar-refractivity contribution in [2.24, 2.45) is 4.99 Å². The number of halogens is 5. The number of nitrogens with one attached hydrogen (secondary N) is 1. The molecule has 25 heavy (non-hydrogen) atoms. The highest BCUT2D eigenvalue weighted by Gasteiger charge is 2.28. The molecule has 0 saturated carbocycles. The van der Waals surface area contributed by atoms with E-state index in [0.717, 1.165) is 5.56 Å². The molecule has 0 fully saturated rings. The number of rotatable bonds is 5. The number of aromatic nitrogens is 1. The second-order valence-electron chi connectivity index (χ2n) is 4.86. The predicted octanol–water partition coefficient (Wildman–Crippen LogP) is 5.92. The standard InChI is InChI=1S/C16H14Cl2F3N3S/c1-2-23-15(10-4-3-5-22-8-10)24-13-7-14(12(18)6-11(13)17)25-9-16(19,20)21/h3-8H,2,9H2,1H3,(H,23,24). The van der Waals surface area contributed by atoms with Gasteiger partial charge in [-0.25, -0.2) is 0 Å². The molecular weight excluding hydrogens is 394 g/mol. The first-order valence-corrected chi connectivity index (χ1v) is 8.94. The van der Waals surface area contributed by atoms with Crippen LogP contribution in [0.4, 0.5) is 18.9 Å². The van der Waals surface area contributed by atoms with Crippen molar-refractivity contribution in [2.45, 2.75) is 18.0 Å². The van der Waals surface area contributed by atoms with Crippen LogP contribution in [0.3, 0.4) is 0 Å². The van der Waals surface area contributed by atoms with E-state index in [1.165, 1.54) is 12.1 Å². The Bertz CT molecular complexity index is 752. The van der Waals surface area contributed by atoms with Gasteiger partial charge in [0.25, 0.3) is 0 Å². The molecule has 0 aliphatic rings. The molecule has 0 bridgehead atoms. The Labute approximate surface area is 157 Å². The molecule has 1 N–H and O–H groups in total. The predicted molar refractivity (Wildman–Crippen MR) is 98.2 cm³/mol. The first kappa shape index (κ1) is 19.9. The van der Waals surface area contributed by atoms with Crippen molar-refractivity contribution in [1.82, 2.24) is 4.98 Å². The zero-order valence-electron chi connectivity index (χ0n) is 13.1. The highest BCUT2D eigenvalue weighted by Crippen LogP contribution is 2.37. The fraction of sp³-hybridized carbons (Fsp3) is 0.250. The van der Waals surface area contributed by atoms with E-state index in [-0.39, 0.29) is 14.9 Å². The third-order valence-corrected chi connectivity index (χ3v) is 4.78. The first-order valence-electron chi connectivity index (χ1n) is 7.20. The fourth-order valence-corrected chi connectivity index (χ4v) is 3.20. The second-order valence-corrected chi connectivity index (χ2v) is 6.69. The Morgan fingerprint density at radius 3 is 2.64 bits per heavy atom. The lowest BCUT2D eigenvalue weighted by Crippen LogP contribution is -2.15. The fourth-order valence-electron chi connectivity index (χ4n) is 1.89. The molecular formula is C16H14Cl2F3N3S. The van der Waals surface area contributed by atoms with Crippen molar-refractivity contribution in [1.29, 1.82) is 0 Å². The topological polar surface area (TPSA) is 37.3 Å². The van der Waals surface area contributed by atoms with Crippen LogP contribution >= 0.6 is 35.0 Å². The SMILES string of the molecule is CCN=C(Nc1cc(SCC(F)(F)F)c(Cl)cc1Cl)c1cccnc1. The van der Waals surface area contributed by atoms with Crippen molar-refractivity contribution in [3.05, 3.63) is 52.3 Å². The molecule has 134 valence electrons. The van der Waals surface area contributed by atoms with Crippen LogP contribution < -0.4 is 5.32 Å². The summed E-state index contributed by atoms with van der Waals surface area (Å²) in [6.45, 7) is 2.38. The summed E-state index contributed by atoms with van der Waals surface area (Å²) >= 11 is 12.8. The van der Waals surface area contributed by atoms with Gasteiger partial charge in [0.05, 0.1) is 21.5 Å². The number of aliphatic imine (C=N–C) groups is 1. The molecule has 0 atom stereocenters. The van der Waals surface area contributed by atoms with Crippen LogP contribution in [0.25, 0.3) is 0 Å². The molecule has 1 aromatic heterocycles. The highest BCUT2D eigenvalue weighted by atomic mass is 35.5. The summed E-state index contributed by atoms with van der Waals surface area (Å²) in [5, 5.41) is 3.51. The normalized spacial score (nSPS) is 12.3. The number of thioether (sulfide) groups is 1. The minimum absolute atomic E-state index is 0.167. The van der Waals surface area contributed by atoms with Gasteiger partial charge in [-0.3, -0.25) is 9.98 Å². The van der Waals surface area contributed by atoms with Crippen molar-refractivity contribution in [3.63, 3.8) is 0 Å². The van der Waals surface area contributed by atoms with E-state index in [4.69, 9.17) is 23.2 Å². The van der Waals surface area contributed by atoms with Gasteiger partial charge in [0.1, 0.15) is 5.84 Å². The Morgan fingerprint density at radius 2 is 2.04 bits per heavy atom. The number of pyridine rings is 1. The monoisotopic (exact) mass is 407 g/mol. The van der Waals surface area contributed by atoms with Gasteiger partial charge in [-0.2, -0.15) is 13.2 Å². The van der Waals surface area contributed by atoms with Crippen LogP contribution in [0, 0.1) is 0 Å². The summed E-state index contributed by atoms with van der Waals surface area (Å²) < 4.78 is 37.4. The molecule has 0 radical (unpaired) electrons. The van der Waals surface area contributed by atoms with Gasteiger partial charge in [-0.15, -0.1) is 11.8 Å². The summed E-state index contributed by atoms with van der Waals surface area (Å²) in [7, 11) is 0. The Balaban J connectivity index is 2.30. The van der Waals surface area contributed by atoms with Gasteiger partial charge in [0.2, 0.25) is 0 Å². The summed E-state index contributed by atoms with van der Waals surface area (Å²) in [6.07, 6.45) is -1.02. The van der Waals surface area contributed by atoms with Crippen LogP contribution in [0.2, 0.25) is 10.0 Å². The van der Waals surface area contributed by atoms with E-state index in [1.54, 1.807) is 18.5 Å². The zero-order chi connectivity index (χ0) is 18.4. The van der Waals surface area contributed by atoms with Crippen molar-refractivity contribution < 1.29 is 13.2 Å². The highest BCUT2D eigenvalue weighted by molar-refractivity contribution is 7.99. The molecule has 0 spiro atoms. The molecule has 9 heteroatoms. The smallest absolute Gasteiger partial charge is 0.339 e. The van der Waals surface area contributed by atoms with Crippen LogP contribution in [-0.2, 0) is 0 Å². The minimum Gasteiger partial charge on any atom is -0.339 e. The van der Waals surface area contributed by atoms with Crippen molar-refractivity contribution >= 4 is 46.5 Å². The average Bonchev–Trinajstić information content (AvgIpc) is 2.55. The Kier molecular flexibility index (Phi) is 6.98. The maximum Gasteiger partial charge on any atom is 0.398 e. The van der Waals surface area contributed by atoms with E-state index in [1.807, 2.05) is 13.0 Å². The maximum absolute atomic E-state index is 12.5. The molecule has 0 saturated heterocycles. The number of hydrogen-bond donors (Lipinski definition) is 1. The molecule has 0 aliphatic heterocycles. The van der Waals surface area contributed by atoms with E-state index in [0.29, 0.717) is 29.8 Å². The van der Waals surface area contributed by atoms with Crippen LogP contribution in [0.1, 0.15) is 12.5 Å². The average molecular weight is 408 g/mol. The second kappa shape index (κ2) is 8.78. The molecule has 0 amide bonds. The number of alkyl halides is 3. The molecule has 1 heterocycles. The molecule has 0 aliphatic carbocycles. The van der Waals surface area contributed by atoms with Crippen LogP contribution in [0.5, 0.6) is 0 Å². The first-order chi connectivity index (χ1) is 11.8. The summed E-state index contributed by atoms with van der Waals surface area (Å²) in [5.74, 6) is -0.515. The molecule has 2 aromatic rings. The lowest BCUT2D eigenvalue weighted by atomic mass is 10.2. The molecule has 1 aromatic carbocycles. The van der Waals surface area contributed by atoms with E-state index in [2.05, 4.69) is 15.3 Å². The van der Waals surface area contributed by atoms with Gasteiger partial charge in [0, 0.05) is 29.4 Å². The van der Waals surface area contributed by atoms with Gasteiger partial charge >= 0.3 is 6.18 Å². The van der Waals surface area contributed by atoms with Gasteiger partial charge in [0.15, 0.2) is 0 Å². The molecule has 2 rings (SSSR count). The zero-order valence-corrected chi connectivity index (χ0v) is 15.4. The Hall–Kier alpha value is -1.44. The third kappa shape index (κ3) is 6.09. The molecule has 3 nitrogen and oxygen atoms in total. The lowest BCUT2D eigenvalue weighted by Gasteiger charge is -2.14. The minimum atomic E-state index is -4.29. The number of anilines is 1. The maximum atomic E-state index is 12.5. The van der Waals surface area contributed by atoms with Crippen molar-refractivity contribution in [2.75, 3.05) is 17.6 Å². The quantitative estimate of drug-likeness (QED) is 0.379. The van der Waals surface area contributed by atoms with Gasteiger partial charge in [-0.1, -0.05) is 23.2 Å². The number of nitrogens with zero attached hydrogens (tertiary/aromatic N) is 2. The third-order valence-electron chi connectivity index (χ3n) is 2.92. The Morgan fingerprint density at radius 1 is 1.28 bits per heavy atom. The van der Waals surface area contributed by atoms with E-state index < -0.39 is 11.9 Å². The number of hydrogen-bond acceptors (Lipinski definition) is 3. The van der Waals surface area contributed by atoms with E-state index >= 15 is 0 Å².